The zero-order valence-electron chi connectivity index (χ0n) is 12.9. The third-order valence-corrected chi connectivity index (χ3v) is 4.89. The average molecular weight is 314 g/mol. The van der Waals surface area contributed by atoms with Crippen molar-refractivity contribution < 1.29 is 4.79 Å². The Morgan fingerprint density at radius 3 is 2.77 bits per heavy atom. The SMILES string of the molecule is CSc1ccc(/C=C\C2CCCCC2C(=O)NCC#N)cc1. The van der Waals surface area contributed by atoms with Gasteiger partial charge in [-0.05, 0) is 42.7 Å². The molecule has 1 N–H and O–H groups in total. The van der Waals surface area contributed by atoms with E-state index in [1.807, 2.05) is 6.07 Å². The van der Waals surface area contributed by atoms with E-state index < -0.39 is 0 Å². The maximum absolute atomic E-state index is 12.2. The first kappa shape index (κ1) is 16.6. The molecule has 0 heterocycles. The molecule has 0 bridgehead atoms. The summed E-state index contributed by atoms with van der Waals surface area (Å²) in [6.07, 6.45) is 10.6. The number of nitrogens with one attached hydrogen (secondary N) is 1. The molecule has 1 aliphatic rings. The number of benzene rings is 1. The summed E-state index contributed by atoms with van der Waals surface area (Å²) in [7, 11) is 0. The van der Waals surface area contributed by atoms with Crippen LogP contribution in [0.2, 0.25) is 0 Å². The molecule has 2 atom stereocenters. The van der Waals surface area contributed by atoms with Gasteiger partial charge < -0.3 is 5.32 Å². The van der Waals surface area contributed by atoms with E-state index in [2.05, 4.69) is 48.0 Å². The van der Waals surface area contributed by atoms with E-state index in [1.165, 1.54) is 16.9 Å². The second kappa shape index (κ2) is 8.65. The first-order valence-electron chi connectivity index (χ1n) is 7.71. The van der Waals surface area contributed by atoms with E-state index >= 15 is 0 Å². The molecule has 0 aliphatic heterocycles. The van der Waals surface area contributed by atoms with Crippen LogP contribution in [0.15, 0.2) is 35.2 Å². The van der Waals surface area contributed by atoms with Gasteiger partial charge in [-0.25, -0.2) is 0 Å². The number of nitriles is 1. The van der Waals surface area contributed by atoms with E-state index in [4.69, 9.17) is 5.26 Å². The zero-order valence-corrected chi connectivity index (χ0v) is 13.7. The Morgan fingerprint density at radius 2 is 2.09 bits per heavy atom. The Bertz CT molecular complexity index is 559. The van der Waals surface area contributed by atoms with Gasteiger partial charge in [0.15, 0.2) is 0 Å². The number of nitrogens with zero attached hydrogens (tertiary/aromatic N) is 1. The topological polar surface area (TPSA) is 52.9 Å². The van der Waals surface area contributed by atoms with Gasteiger partial charge in [-0.3, -0.25) is 4.79 Å². The van der Waals surface area contributed by atoms with Crippen LogP contribution < -0.4 is 5.32 Å². The average Bonchev–Trinajstić information content (AvgIpc) is 2.58. The van der Waals surface area contributed by atoms with Crippen LogP contribution in [0.25, 0.3) is 6.08 Å². The van der Waals surface area contributed by atoms with Crippen LogP contribution >= 0.6 is 11.8 Å². The summed E-state index contributed by atoms with van der Waals surface area (Å²) in [6.45, 7) is 0.0991. The van der Waals surface area contributed by atoms with Gasteiger partial charge in [-0.1, -0.05) is 37.1 Å². The second-order valence-corrected chi connectivity index (χ2v) is 6.44. The third-order valence-electron chi connectivity index (χ3n) is 4.15. The van der Waals surface area contributed by atoms with Crippen LogP contribution in [-0.2, 0) is 4.79 Å². The molecule has 2 rings (SSSR count). The monoisotopic (exact) mass is 314 g/mol. The molecule has 1 aromatic rings. The number of hydrogen-bond acceptors (Lipinski definition) is 3. The lowest BCUT2D eigenvalue weighted by atomic mass is 9.78. The molecule has 1 amide bonds. The van der Waals surface area contributed by atoms with Crippen LogP contribution in [0.1, 0.15) is 31.2 Å². The van der Waals surface area contributed by atoms with E-state index in [0.717, 1.165) is 19.3 Å². The first-order valence-corrected chi connectivity index (χ1v) is 8.94. The van der Waals surface area contributed by atoms with Gasteiger partial charge >= 0.3 is 0 Å². The van der Waals surface area contributed by atoms with Gasteiger partial charge in [-0.15, -0.1) is 11.8 Å². The zero-order chi connectivity index (χ0) is 15.8. The van der Waals surface area contributed by atoms with Crippen LogP contribution in [0.4, 0.5) is 0 Å². The third kappa shape index (κ3) is 4.64. The highest BCUT2D eigenvalue weighted by atomic mass is 32.2. The molecule has 1 aliphatic carbocycles. The van der Waals surface area contributed by atoms with Crippen LogP contribution in [-0.4, -0.2) is 18.7 Å². The van der Waals surface area contributed by atoms with Gasteiger partial charge in [0.25, 0.3) is 0 Å². The fourth-order valence-corrected chi connectivity index (χ4v) is 3.33. The van der Waals surface area contributed by atoms with Crippen molar-refractivity contribution in [3.63, 3.8) is 0 Å². The predicted molar refractivity (Wildman–Crippen MR) is 91.3 cm³/mol. The predicted octanol–water partition coefficient (Wildman–Crippen LogP) is 3.87. The van der Waals surface area contributed by atoms with E-state index in [1.54, 1.807) is 11.8 Å². The van der Waals surface area contributed by atoms with Gasteiger partial charge in [0.1, 0.15) is 6.54 Å². The second-order valence-electron chi connectivity index (χ2n) is 5.56. The van der Waals surface area contributed by atoms with Crippen LogP contribution in [0.5, 0.6) is 0 Å². The molecule has 116 valence electrons. The minimum Gasteiger partial charge on any atom is -0.343 e. The summed E-state index contributed by atoms with van der Waals surface area (Å²) in [6, 6.07) is 10.4. The number of thioether (sulfide) groups is 1. The minimum absolute atomic E-state index is 0.00354. The van der Waals surface area contributed by atoms with Crippen LogP contribution in [0.3, 0.4) is 0 Å². The maximum Gasteiger partial charge on any atom is 0.224 e. The Labute approximate surface area is 136 Å². The number of amides is 1. The summed E-state index contributed by atoms with van der Waals surface area (Å²) < 4.78 is 0. The molecule has 0 radical (unpaired) electrons. The lowest BCUT2D eigenvalue weighted by Crippen LogP contribution is -2.36. The molecule has 1 fully saturated rings. The van der Waals surface area contributed by atoms with Gasteiger partial charge in [0.2, 0.25) is 5.91 Å². The van der Waals surface area contributed by atoms with Gasteiger partial charge in [-0.2, -0.15) is 5.26 Å². The van der Waals surface area contributed by atoms with Crippen molar-refractivity contribution in [1.29, 1.82) is 5.26 Å². The Balaban J connectivity index is 2.02. The first-order chi connectivity index (χ1) is 10.7. The molecular weight excluding hydrogens is 292 g/mol. The summed E-state index contributed by atoms with van der Waals surface area (Å²) in [4.78, 5) is 13.4. The van der Waals surface area contributed by atoms with E-state index in [9.17, 15) is 4.79 Å². The smallest absolute Gasteiger partial charge is 0.224 e. The van der Waals surface area contributed by atoms with Crippen molar-refractivity contribution in [3.8, 4) is 6.07 Å². The van der Waals surface area contributed by atoms with Crippen molar-refractivity contribution in [1.82, 2.24) is 5.32 Å². The molecule has 22 heavy (non-hydrogen) atoms. The summed E-state index contributed by atoms with van der Waals surface area (Å²) in [5.41, 5.74) is 1.17. The highest BCUT2D eigenvalue weighted by Gasteiger charge is 2.28. The molecule has 0 aromatic heterocycles. The molecule has 1 saturated carbocycles. The Morgan fingerprint density at radius 1 is 1.36 bits per heavy atom. The fourth-order valence-electron chi connectivity index (χ4n) is 2.92. The van der Waals surface area contributed by atoms with Crippen molar-refractivity contribution >= 4 is 23.7 Å². The normalized spacial score (nSPS) is 21.5. The van der Waals surface area contributed by atoms with E-state index in [-0.39, 0.29) is 24.3 Å². The van der Waals surface area contributed by atoms with Gasteiger partial charge in [0, 0.05) is 10.8 Å². The van der Waals surface area contributed by atoms with Crippen molar-refractivity contribution in [2.24, 2.45) is 11.8 Å². The Kier molecular flexibility index (Phi) is 6.54. The maximum atomic E-state index is 12.2. The Hall–Kier alpha value is -1.73. The summed E-state index contributed by atoms with van der Waals surface area (Å²) in [5.74, 6) is 0.296. The largest absolute Gasteiger partial charge is 0.343 e. The van der Waals surface area contributed by atoms with Crippen molar-refractivity contribution in [3.05, 3.63) is 35.9 Å². The number of carbonyl (C=O) groups is 1. The standard InChI is InChI=1S/C18H22N2OS/c1-22-16-10-7-14(8-11-16)6-9-15-4-2-3-5-17(15)18(21)20-13-12-19/h6-11,15,17H,2-5,13H2,1H3,(H,20,21)/b9-6-. The van der Waals surface area contributed by atoms with Gasteiger partial charge in [0.05, 0.1) is 6.07 Å². The number of hydrogen-bond donors (Lipinski definition) is 1. The molecule has 0 saturated heterocycles. The molecule has 3 nitrogen and oxygen atoms in total. The molecule has 2 unspecified atom stereocenters. The molecule has 1 aromatic carbocycles. The lowest BCUT2D eigenvalue weighted by Gasteiger charge is -2.28. The number of allylic oxidation sites excluding steroid dienone is 1. The van der Waals surface area contributed by atoms with Crippen molar-refractivity contribution in [2.75, 3.05) is 12.8 Å². The highest BCUT2D eigenvalue weighted by Crippen LogP contribution is 2.31. The lowest BCUT2D eigenvalue weighted by molar-refractivity contribution is -0.126. The fraction of sp³-hybridized carbons (Fsp3) is 0.444. The number of carbonyl (C=O) groups excluding carboxylic acids is 1. The summed E-state index contributed by atoms with van der Waals surface area (Å²) >= 11 is 1.73. The minimum atomic E-state index is 0.00354. The number of rotatable bonds is 5. The highest BCUT2D eigenvalue weighted by molar-refractivity contribution is 7.98. The molecule has 4 heteroatoms. The molecule has 0 spiro atoms. The molecular formula is C18H22N2OS. The van der Waals surface area contributed by atoms with E-state index in [0.29, 0.717) is 0 Å². The summed E-state index contributed by atoms with van der Waals surface area (Å²) in [5, 5.41) is 11.3. The van der Waals surface area contributed by atoms with Crippen molar-refractivity contribution in [2.45, 2.75) is 30.6 Å². The van der Waals surface area contributed by atoms with Crippen LogP contribution in [0, 0.1) is 23.2 Å². The quantitative estimate of drug-likeness (QED) is 0.663.